The lowest BCUT2D eigenvalue weighted by Crippen LogP contribution is -2.26. The van der Waals surface area contributed by atoms with Crippen LogP contribution >= 0.6 is 0 Å². The molecule has 2 N–H and O–H groups in total. The van der Waals surface area contributed by atoms with E-state index in [0.717, 1.165) is 11.1 Å². The van der Waals surface area contributed by atoms with Gasteiger partial charge in [0.15, 0.2) is 5.52 Å². The maximum absolute atomic E-state index is 13.2. The van der Waals surface area contributed by atoms with Gasteiger partial charge in [-0.2, -0.15) is 4.40 Å². The summed E-state index contributed by atoms with van der Waals surface area (Å²) in [6.45, 7) is 0.226. The number of carbonyl (C=O) groups excluding carboxylic acids is 1. The number of rotatable bonds is 4. The van der Waals surface area contributed by atoms with Crippen molar-refractivity contribution >= 4 is 11.4 Å². The minimum absolute atomic E-state index is 0.226. The number of H-pyrrole nitrogens is 1. The molecule has 1 aromatic carbocycles. The van der Waals surface area contributed by atoms with Crippen LogP contribution in [0.15, 0.2) is 67.1 Å². The number of fused-ring (bicyclic) bond motifs is 1. The van der Waals surface area contributed by atoms with Gasteiger partial charge in [0.05, 0.1) is 18.3 Å². The fraction of sp³-hybridized carbons (Fsp3) is 0.0526. The molecule has 3 aromatic heterocycles. The second-order valence-electron chi connectivity index (χ2n) is 5.66. The van der Waals surface area contributed by atoms with Gasteiger partial charge in [0, 0.05) is 12.4 Å². The molecule has 0 atom stereocenters. The molecule has 0 aliphatic rings. The number of nitrogens with one attached hydrogen (secondary N) is 2. The molecule has 0 saturated carbocycles. The molecular formula is C19H15FN5O+. The summed E-state index contributed by atoms with van der Waals surface area (Å²) in [6, 6.07) is 13.4. The summed E-state index contributed by atoms with van der Waals surface area (Å²) in [6.07, 6.45) is 5.10. The minimum atomic E-state index is -0.310. The highest BCUT2D eigenvalue weighted by molar-refractivity contribution is 5.98. The minimum Gasteiger partial charge on any atom is -0.341 e. The Balaban J connectivity index is 1.69. The molecule has 0 aliphatic heterocycles. The maximum atomic E-state index is 13.2. The van der Waals surface area contributed by atoms with E-state index in [1.807, 2.05) is 28.8 Å². The fourth-order valence-electron chi connectivity index (χ4n) is 2.75. The smallest absolute Gasteiger partial charge is 0.296 e. The number of pyridine rings is 1. The number of benzene rings is 1. The monoisotopic (exact) mass is 348 g/mol. The van der Waals surface area contributed by atoms with Crippen LogP contribution in [0.4, 0.5) is 4.39 Å². The number of hydrogen-bond acceptors (Lipinski definition) is 3. The van der Waals surface area contributed by atoms with Crippen molar-refractivity contribution in [1.82, 2.24) is 20.3 Å². The molecule has 7 heteroatoms. The van der Waals surface area contributed by atoms with Crippen LogP contribution in [0.2, 0.25) is 0 Å². The third kappa shape index (κ3) is 3.02. The van der Waals surface area contributed by atoms with Crippen molar-refractivity contribution in [2.75, 3.05) is 0 Å². The Kier molecular flexibility index (Phi) is 4.10. The van der Waals surface area contributed by atoms with E-state index in [2.05, 4.69) is 20.3 Å². The van der Waals surface area contributed by atoms with Crippen molar-refractivity contribution in [1.29, 1.82) is 0 Å². The van der Waals surface area contributed by atoms with Gasteiger partial charge in [-0.05, 0) is 42.5 Å². The summed E-state index contributed by atoms with van der Waals surface area (Å²) in [7, 11) is 0. The summed E-state index contributed by atoms with van der Waals surface area (Å²) >= 11 is 0. The molecule has 0 spiro atoms. The molecule has 3 heterocycles. The fourth-order valence-corrected chi connectivity index (χ4v) is 2.75. The number of aromatic amines is 1. The van der Waals surface area contributed by atoms with Gasteiger partial charge in [0.1, 0.15) is 11.6 Å². The van der Waals surface area contributed by atoms with E-state index in [4.69, 9.17) is 0 Å². The van der Waals surface area contributed by atoms with Crippen LogP contribution in [0.5, 0.6) is 0 Å². The molecule has 1 amide bonds. The highest BCUT2D eigenvalue weighted by atomic mass is 19.1. The van der Waals surface area contributed by atoms with Crippen LogP contribution in [0, 0.1) is 5.82 Å². The van der Waals surface area contributed by atoms with E-state index in [9.17, 15) is 9.18 Å². The highest BCUT2D eigenvalue weighted by Crippen LogP contribution is 2.18. The molecule has 4 rings (SSSR count). The quantitative estimate of drug-likeness (QED) is 0.556. The molecule has 26 heavy (non-hydrogen) atoms. The molecular weight excluding hydrogens is 333 g/mol. The van der Waals surface area contributed by atoms with Crippen molar-refractivity contribution in [2.45, 2.75) is 6.54 Å². The standard InChI is InChI=1S/C19H14FN5O/c20-14-7-5-13(6-8-14)18-24-17(15-4-1-2-11-25(15)18)19(26)23-12-16-21-9-3-10-22-16/h1-11H,12H2,(H,23,26)/p+1. The topological polar surface area (TPSA) is 74.8 Å². The van der Waals surface area contributed by atoms with E-state index in [1.165, 1.54) is 12.1 Å². The van der Waals surface area contributed by atoms with Gasteiger partial charge < -0.3 is 5.32 Å². The Bertz CT molecular complexity index is 1060. The first-order valence-corrected chi connectivity index (χ1v) is 8.05. The average Bonchev–Trinajstić information content (AvgIpc) is 3.07. The van der Waals surface area contributed by atoms with Crippen LogP contribution < -0.4 is 9.72 Å². The largest absolute Gasteiger partial charge is 0.341 e. The van der Waals surface area contributed by atoms with Gasteiger partial charge in [-0.3, -0.25) is 4.79 Å². The van der Waals surface area contributed by atoms with Gasteiger partial charge in [0.25, 0.3) is 11.7 Å². The van der Waals surface area contributed by atoms with Gasteiger partial charge in [-0.15, -0.1) is 0 Å². The number of amides is 1. The van der Waals surface area contributed by atoms with Crippen molar-refractivity contribution in [2.24, 2.45) is 0 Å². The normalized spacial score (nSPS) is 10.8. The number of imidazole rings is 1. The molecule has 0 saturated heterocycles. The average molecular weight is 348 g/mol. The van der Waals surface area contributed by atoms with Crippen molar-refractivity contribution in [3.63, 3.8) is 0 Å². The third-order valence-electron chi connectivity index (χ3n) is 3.97. The van der Waals surface area contributed by atoms with Gasteiger partial charge in [-0.25, -0.2) is 19.3 Å². The lowest BCUT2D eigenvalue weighted by Gasteiger charge is -2.00. The Morgan fingerprint density at radius 3 is 2.62 bits per heavy atom. The molecule has 4 aromatic rings. The van der Waals surface area contributed by atoms with Crippen LogP contribution in [0.25, 0.3) is 16.9 Å². The number of nitrogens with zero attached hydrogens (tertiary/aromatic N) is 3. The Hall–Kier alpha value is -3.61. The first kappa shape index (κ1) is 15.9. The summed E-state index contributed by atoms with van der Waals surface area (Å²) in [4.78, 5) is 24.0. The van der Waals surface area contributed by atoms with Crippen LogP contribution in [-0.4, -0.2) is 20.9 Å². The molecule has 6 nitrogen and oxygen atoms in total. The number of aromatic nitrogens is 4. The molecule has 0 radical (unpaired) electrons. The van der Waals surface area contributed by atoms with Gasteiger partial charge in [0.2, 0.25) is 5.69 Å². The van der Waals surface area contributed by atoms with Crippen LogP contribution in [0.1, 0.15) is 16.3 Å². The third-order valence-corrected chi connectivity index (χ3v) is 3.97. The second kappa shape index (κ2) is 6.72. The highest BCUT2D eigenvalue weighted by Gasteiger charge is 2.24. The Labute approximate surface area is 148 Å². The number of halogens is 1. The zero-order valence-electron chi connectivity index (χ0n) is 13.7. The van der Waals surface area contributed by atoms with Crippen molar-refractivity contribution < 1.29 is 13.6 Å². The maximum Gasteiger partial charge on any atom is 0.296 e. The Morgan fingerprint density at radius 1 is 1.08 bits per heavy atom. The van der Waals surface area contributed by atoms with Crippen molar-refractivity contribution in [3.8, 4) is 11.4 Å². The van der Waals surface area contributed by atoms with E-state index in [-0.39, 0.29) is 18.3 Å². The van der Waals surface area contributed by atoms with Gasteiger partial charge in [-0.1, -0.05) is 6.07 Å². The van der Waals surface area contributed by atoms with Crippen LogP contribution in [-0.2, 0) is 6.54 Å². The predicted molar refractivity (Wildman–Crippen MR) is 92.5 cm³/mol. The van der Waals surface area contributed by atoms with Gasteiger partial charge >= 0.3 is 0 Å². The lowest BCUT2D eigenvalue weighted by atomic mass is 10.2. The number of hydrogen-bond donors (Lipinski definition) is 2. The number of carbonyl (C=O) groups is 1. The second-order valence-corrected chi connectivity index (χ2v) is 5.66. The molecule has 0 fully saturated rings. The molecule has 0 bridgehead atoms. The predicted octanol–water partition coefficient (Wildman–Crippen LogP) is 2.28. The van der Waals surface area contributed by atoms with E-state index in [1.54, 1.807) is 30.6 Å². The molecule has 0 aliphatic carbocycles. The van der Waals surface area contributed by atoms with Crippen molar-refractivity contribution in [3.05, 3.63) is 84.5 Å². The zero-order valence-corrected chi connectivity index (χ0v) is 13.7. The first-order valence-electron chi connectivity index (χ1n) is 8.05. The summed E-state index contributed by atoms with van der Waals surface area (Å²) in [5.41, 5.74) is 1.91. The zero-order chi connectivity index (χ0) is 17.9. The first-order chi connectivity index (χ1) is 12.7. The lowest BCUT2D eigenvalue weighted by molar-refractivity contribution is -0.498. The summed E-state index contributed by atoms with van der Waals surface area (Å²) in [5.74, 6) is 0.648. The SMILES string of the molecule is O=C(NCc1ncccn1)c1[nH]c(-c2ccc(F)cc2)[n+]2ccccc12. The van der Waals surface area contributed by atoms with E-state index >= 15 is 0 Å². The Morgan fingerprint density at radius 2 is 1.85 bits per heavy atom. The molecule has 0 unspecified atom stereocenters. The van der Waals surface area contributed by atoms with Crippen LogP contribution in [0.3, 0.4) is 0 Å². The summed E-state index contributed by atoms with van der Waals surface area (Å²) in [5, 5.41) is 2.81. The summed E-state index contributed by atoms with van der Waals surface area (Å²) < 4.78 is 15.1. The molecule has 128 valence electrons. The van der Waals surface area contributed by atoms with E-state index in [0.29, 0.717) is 17.3 Å². The van der Waals surface area contributed by atoms with E-state index < -0.39 is 0 Å².